The van der Waals surface area contributed by atoms with Gasteiger partial charge in [0.25, 0.3) is 0 Å². The van der Waals surface area contributed by atoms with Gasteiger partial charge < -0.3 is 4.90 Å². The van der Waals surface area contributed by atoms with Crippen molar-refractivity contribution in [3.63, 3.8) is 0 Å². The zero-order chi connectivity index (χ0) is 18.1. The smallest absolute Gasteiger partial charge is 0.228 e. The summed E-state index contributed by atoms with van der Waals surface area (Å²) in [5.74, 6) is 1.79. The fourth-order valence-corrected chi connectivity index (χ4v) is 4.77. The van der Waals surface area contributed by atoms with E-state index in [1.165, 1.54) is 12.8 Å². The lowest BCUT2D eigenvalue weighted by Gasteiger charge is -2.47. The second kappa shape index (κ2) is 7.91. The minimum Gasteiger partial charge on any atom is -0.339 e. The van der Waals surface area contributed by atoms with E-state index in [0.29, 0.717) is 12.6 Å². The van der Waals surface area contributed by atoms with Crippen LogP contribution in [0.3, 0.4) is 0 Å². The van der Waals surface area contributed by atoms with Gasteiger partial charge in [-0.25, -0.2) is 4.39 Å². The highest BCUT2D eigenvalue weighted by atomic mass is 19.1. The molecule has 1 amide bonds. The van der Waals surface area contributed by atoms with Crippen LogP contribution >= 0.6 is 0 Å². The Kier molecular flexibility index (Phi) is 6.04. The van der Waals surface area contributed by atoms with Crippen molar-refractivity contribution in [3.8, 4) is 0 Å². The molecule has 0 aliphatic carbocycles. The Bertz CT molecular complexity index is 456. The number of hydrogen-bond acceptors (Lipinski definition) is 3. The van der Waals surface area contributed by atoms with E-state index in [4.69, 9.17) is 0 Å². The van der Waals surface area contributed by atoms with Gasteiger partial charge in [0, 0.05) is 31.7 Å². The first-order valence-corrected chi connectivity index (χ1v) is 10.3. The Labute approximate surface area is 152 Å². The largest absolute Gasteiger partial charge is 0.339 e. The van der Waals surface area contributed by atoms with Crippen LogP contribution in [0.25, 0.3) is 0 Å². The predicted octanol–water partition coefficient (Wildman–Crippen LogP) is 2.63. The number of alkyl halides is 1. The number of halogens is 1. The fraction of sp³-hybridized carbons (Fsp3) is 0.950. The van der Waals surface area contributed by atoms with Crippen molar-refractivity contribution in [2.45, 2.75) is 65.2 Å². The molecular formula is C20H36FN3O. The van der Waals surface area contributed by atoms with Crippen molar-refractivity contribution in [1.29, 1.82) is 0 Å². The number of piperidine rings is 2. The van der Waals surface area contributed by atoms with Crippen LogP contribution in [0.4, 0.5) is 4.39 Å². The van der Waals surface area contributed by atoms with E-state index in [2.05, 4.69) is 37.5 Å². The van der Waals surface area contributed by atoms with Gasteiger partial charge in [-0.1, -0.05) is 13.8 Å². The highest BCUT2D eigenvalue weighted by Crippen LogP contribution is 2.30. The van der Waals surface area contributed by atoms with Crippen LogP contribution in [0.1, 0.15) is 47.0 Å². The maximum absolute atomic E-state index is 14.8. The van der Waals surface area contributed by atoms with E-state index >= 15 is 0 Å². The van der Waals surface area contributed by atoms with Gasteiger partial charge in [0.15, 0.2) is 0 Å². The molecule has 0 N–H and O–H groups in total. The molecule has 2 unspecified atom stereocenters. The molecule has 0 aromatic heterocycles. The van der Waals surface area contributed by atoms with Crippen molar-refractivity contribution in [1.82, 2.24) is 14.7 Å². The molecule has 0 spiro atoms. The number of carbonyl (C=O) groups excluding carboxylic acids is 1. The van der Waals surface area contributed by atoms with Crippen molar-refractivity contribution in [2.24, 2.45) is 17.8 Å². The third kappa shape index (κ3) is 4.19. The topological polar surface area (TPSA) is 26.8 Å². The summed E-state index contributed by atoms with van der Waals surface area (Å²) in [6, 6.07) is 0.517. The molecule has 3 saturated heterocycles. The molecule has 5 heteroatoms. The Hall–Kier alpha value is -0.680. The van der Waals surface area contributed by atoms with Gasteiger partial charge >= 0.3 is 0 Å². The first-order chi connectivity index (χ1) is 11.9. The number of carbonyl (C=O) groups is 1. The van der Waals surface area contributed by atoms with Gasteiger partial charge in [0.1, 0.15) is 6.17 Å². The minimum atomic E-state index is -0.894. The second-order valence-electron chi connectivity index (χ2n) is 9.02. The van der Waals surface area contributed by atoms with Crippen LogP contribution in [0, 0.1) is 17.8 Å². The monoisotopic (exact) mass is 353 g/mol. The summed E-state index contributed by atoms with van der Waals surface area (Å²) in [5.41, 5.74) is 0. The molecule has 0 bridgehead atoms. The molecule has 0 saturated carbocycles. The molecule has 3 aliphatic heterocycles. The zero-order valence-electron chi connectivity index (χ0n) is 16.5. The molecule has 4 nitrogen and oxygen atoms in total. The van der Waals surface area contributed by atoms with Gasteiger partial charge in [-0.15, -0.1) is 0 Å². The van der Waals surface area contributed by atoms with Gasteiger partial charge in [-0.05, 0) is 58.0 Å². The summed E-state index contributed by atoms with van der Waals surface area (Å²) in [7, 11) is 0. The van der Waals surface area contributed by atoms with Crippen LogP contribution in [0.5, 0.6) is 0 Å². The third-order valence-corrected chi connectivity index (χ3v) is 6.79. The molecule has 0 aromatic rings. The third-order valence-electron chi connectivity index (χ3n) is 6.79. The van der Waals surface area contributed by atoms with E-state index in [-0.39, 0.29) is 17.9 Å². The van der Waals surface area contributed by atoms with Crippen molar-refractivity contribution < 1.29 is 9.18 Å². The Morgan fingerprint density at radius 2 is 1.60 bits per heavy atom. The highest BCUT2D eigenvalue weighted by Gasteiger charge is 2.41. The Morgan fingerprint density at radius 1 is 0.960 bits per heavy atom. The second-order valence-corrected chi connectivity index (χ2v) is 9.02. The first-order valence-electron chi connectivity index (χ1n) is 10.3. The Balaban J connectivity index is 1.46. The van der Waals surface area contributed by atoms with Crippen LogP contribution in [0.15, 0.2) is 0 Å². The number of hydrogen-bond donors (Lipinski definition) is 0. The van der Waals surface area contributed by atoms with E-state index in [1.54, 1.807) is 4.90 Å². The lowest BCUT2D eigenvalue weighted by atomic mass is 9.85. The van der Waals surface area contributed by atoms with Crippen molar-refractivity contribution in [3.05, 3.63) is 0 Å². The quantitative estimate of drug-likeness (QED) is 0.777. The van der Waals surface area contributed by atoms with Crippen LogP contribution in [-0.4, -0.2) is 78.1 Å². The van der Waals surface area contributed by atoms with Crippen molar-refractivity contribution in [2.75, 3.05) is 39.3 Å². The lowest BCUT2D eigenvalue weighted by Crippen LogP contribution is -2.60. The standard InChI is InChI=1S/C20H36FN3O/c1-14(2)16-5-8-22(9-6-16)19-7-10-23(13-18(19)21)20(25)17-11-24(12-17)15(3)4/h14-19H,5-13H2,1-4H3. The highest BCUT2D eigenvalue weighted by molar-refractivity contribution is 5.80. The average Bonchev–Trinajstić information content (AvgIpc) is 2.53. The number of nitrogens with zero attached hydrogens (tertiary/aromatic N) is 3. The van der Waals surface area contributed by atoms with Crippen LogP contribution in [0.2, 0.25) is 0 Å². The number of likely N-dealkylation sites (tertiary alicyclic amines) is 3. The average molecular weight is 354 g/mol. The summed E-state index contributed by atoms with van der Waals surface area (Å²) in [6.07, 6.45) is 2.28. The molecule has 3 aliphatic rings. The first kappa shape index (κ1) is 19.1. The molecule has 0 aromatic carbocycles. The summed E-state index contributed by atoms with van der Waals surface area (Å²) < 4.78 is 14.8. The summed E-state index contributed by atoms with van der Waals surface area (Å²) in [6.45, 7) is 13.7. The molecule has 0 radical (unpaired) electrons. The van der Waals surface area contributed by atoms with Gasteiger partial charge in [-0.3, -0.25) is 14.6 Å². The predicted molar refractivity (Wildman–Crippen MR) is 99.2 cm³/mol. The number of amides is 1. The summed E-state index contributed by atoms with van der Waals surface area (Å²) in [4.78, 5) is 19.1. The van der Waals surface area contributed by atoms with Crippen molar-refractivity contribution >= 4 is 5.91 Å². The van der Waals surface area contributed by atoms with E-state index in [0.717, 1.165) is 51.0 Å². The van der Waals surface area contributed by atoms with E-state index in [9.17, 15) is 9.18 Å². The minimum absolute atomic E-state index is 0.0192. The van der Waals surface area contributed by atoms with Crippen LogP contribution in [-0.2, 0) is 4.79 Å². The zero-order valence-corrected chi connectivity index (χ0v) is 16.5. The van der Waals surface area contributed by atoms with Crippen LogP contribution < -0.4 is 0 Å². The SMILES string of the molecule is CC(C)C1CCN(C2CCN(C(=O)C3CN(C(C)C)C3)CC2F)CC1. The molecule has 144 valence electrons. The summed E-state index contributed by atoms with van der Waals surface area (Å²) in [5, 5.41) is 0. The number of rotatable bonds is 4. The molecule has 2 atom stereocenters. The maximum Gasteiger partial charge on any atom is 0.228 e. The normalized spacial score (nSPS) is 30.9. The molecular weight excluding hydrogens is 317 g/mol. The Morgan fingerprint density at radius 3 is 2.12 bits per heavy atom. The van der Waals surface area contributed by atoms with Gasteiger partial charge in [0.2, 0.25) is 5.91 Å². The van der Waals surface area contributed by atoms with E-state index in [1.807, 2.05) is 0 Å². The lowest BCUT2D eigenvalue weighted by molar-refractivity contribution is -0.145. The molecule has 3 heterocycles. The van der Waals surface area contributed by atoms with Gasteiger partial charge in [0.05, 0.1) is 12.5 Å². The summed E-state index contributed by atoms with van der Waals surface area (Å²) >= 11 is 0. The van der Waals surface area contributed by atoms with Gasteiger partial charge in [-0.2, -0.15) is 0 Å². The fourth-order valence-electron chi connectivity index (χ4n) is 4.77. The molecule has 3 fully saturated rings. The molecule has 25 heavy (non-hydrogen) atoms. The molecule has 3 rings (SSSR count). The van der Waals surface area contributed by atoms with E-state index < -0.39 is 6.17 Å². The maximum atomic E-state index is 14.8.